The van der Waals surface area contributed by atoms with Gasteiger partial charge in [-0.15, -0.1) is 0 Å². The number of hydrogen-bond donors (Lipinski definition) is 8. The summed E-state index contributed by atoms with van der Waals surface area (Å²) in [5.74, 6) is -1.97. The zero-order valence-corrected chi connectivity index (χ0v) is 16.7. The molecule has 1 aromatic heterocycles. The second kappa shape index (κ2) is 8.23. The molecule has 0 saturated carbocycles. The fourth-order valence-electron chi connectivity index (χ4n) is 4.03. The zero-order chi connectivity index (χ0) is 23.0. The van der Waals surface area contributed by atoms with Gasteiger partial charge in [0.05, 0.1) is 5.60 Å². The lowest BCUT2D eigenvalue weighted by atomic mass is 9.73. The van der Waals surface area contributed by atoms with Gasteiger partial charge in [-0.25, -0.2) is 0 Å². The van der Waals surface area contributed by atoms with Crippen LogP contribution in [0.25, 0.3) is 11.3 Å². The number of rotatable bonds is 7. The molecule has 8 N–H and O–H groups in total. The summed E-state index contributed by atoms with van der Waals surface area (Å²) in [4.78, 5) is 12.7. The Kier molecular flexibility index (Phi) is 6.16. The summed E-state index contributed by atoms with van der Waals surface area (Å²) < 4.78 is 5.65. The molecule has 2 aliphatic rings. The van der Waals surface area contributed by atoms with Crippen LogP contribution in [0.5, 0.6) is 5.75 Å². The molecule has 1 heterocycles. The van der Waals surface area contributed by atoms with Crippen LogP contribution < -0.4 is 5.43 Å². The summed E-state index contributed by atoms with van der Waals surface area (Å²) in [7, 11) is 0. The third kappa shape index (κ3) is 3.93. The van der Waals surface area contributed by atoms with E-state index in [2.05, 4.69) is 0 Å². The van der Waals surface area contributed by atoms with Crippen molar-refractivity contribution >= 4 is 11.3 Å². The van der Waals surface area contributed by atoms with Crippen molar-refractivity contribution in [2.75, 3.05) is 19.8 Å². The molecule has 0 fully saturated rings. The second-order valence-corrected chi connectivity index (χ2v) is 7.92. The van der Waals surface area contributed by atoms with Gasteiger partial charge in [0, 0.05) is 51.1 Å². The van der Waals surface area contributed by atoms with Gasteiger partial charge in [0.25, 0.3) is 0 Å². The van der Waals surface area contributed by atoms with Crippen LogP contribution in [0.3, 0.4) is 0 Å². The maximum Gasteiger partial charge on any atom is 0.238 e. The van der Waals surface area contributed by atoms with Crippen LogP contribution in [0.15, 0.2) is 33.5 Å². The lowest BCUT2D eigenvalue weighted by Gasteiger charge is -2.42. The summed E-state index contributed by atoms with van der Waals surface area (Å²) >= 11 is 0. The molecule has 2 aliphatic carbocycles. The van der Waals surface area contributed by atoms with Gasteiger partial charge in [0.1, 0.15) is 28.3 Å². The average Bonchev–Trinajstić information content (AvgIpc) is 2.67. The van der Waals surface area contributed by atoms with Gasteiger partial charge in [0.2, 0.25) is 11.2 Å². The number of aromatic hydroxyl groups is 1. The highest BCUT2D eigenvalue weighted by molar-refractivity contribution is 5.78. The molecular formula is C21H26O10. The van der Waals surface area contributed by atoms with Crippen molar-refractivity contribution in [1.82, 2.24) is 0 Å². The SMILES string of the molecule is O=c1c(O)c(C2=CC(O)(CCO)C(O)(CCO)C=C2)oc2c1C(O)=CC(O)(CCO)C2. The van der Waals surface area contributed by atoms with Gasteiger partial charge < -0.3 is 45.3 Å². The highest BCUT2D eigenvalue weighted by atomic mass is 16.4. The van der Waals surface area contributed by atoms with E-state index in [1.54, 1.807) is 0 Å². The van der Waals surface area contributed by atoms with Gasteiger partial charge in [-0.05, 0) is 18.2 Å². The number of aliphatic hydroxyl groups excluding tert-OH is 4. The average molecular weight is 438 g/mol. The molecule has 0 spiro atoms. The smallest absolute Gasteiger partial charge is 0.238 e. The van der Waals surface area contributed by atoms with Crippen LogP contribution in [0.4, 0.5) is 0 Å². The van der Waals surface area contributed by atoms with E-state index in [9.17, 15) is 40.5 Å². The standard InChI is InChI=1S/C21H26O10/c22-6-3-19(28)10-13(25)15-14(11-19)31-18(17(27)16(15)26)12-1-2-20(29,4-7-23)21(30,9-12)5-8-24/h1-2,9-10,22-25,27-30H,3-8,11H2. The van der Waals surface area contributed by atoms with Gasteiger partial charge in [-0.1, -0.05) is 6.08 Å². The van der Waals surface area contributed by atoms with Crippen molar-refractivity contribution in [2.45, 2.75) is 42.5 Å². The third-order valence-electron chi connectivity index (χ3n) is 5.76. The number of hydrogen-bond acceptors (Lipinski definition) is 10. The van der Waals surface area contributed by atoms with Gasteiger partial charge >= 0.3 is 0 Å². The van der Waals surface area contributed by atoms with E-state index in [1.807, 2.05) is 0 Å². The molecule has 10 nitrogen and oxygen atoms in total. The van der Waals surface area contributed by atoms with Crippen LogP contribution in [-0.4, -0.2) is 77.5 Å². The van der Waals surface area contributed by atoms with E-state index < -0.39 is 53.6 Å². The predicted molar refractivity (Wildman–Crippen MR) is 108 cm³/mol. The third-order valence-corrected chi connectivity index (χ3v) is 5.76. The molecule has 10 heteroatoms. The first-order valence-corrected chi connectivity index (χ1v) is 9.76. The minimum atomic E-state index is -2.05. The van der Waals surface area contributed by atoms with Gasteiger partial charge in [-0.2, -0.15) is 0 Å². The Bertz CT molecular complexity index is 1010. The molecular weight excluding hydrogens is 412 g/mol. The largest absolute Gasteiger partial charge is 0.507 e. The monoisotopic (exact) mass is 438 g/mol. The number of aliphatic hydroxyl groups is 7. The van der Waals surface area contributed by atoms with Crippen molar-refractivity contribution in [1.29, 1.82) is 0 Å². The van der Waals surface area contributed by atoms with Crippen LogP contribution >= 0.6 is 0 Å². The van der Waals surface area contributed by atoms with E-state index in [0.717, 1.165) is 12.2 Å². The molecule has 0 bridgehead atoms. The van der Waals surface area contributed by atoms with Crippen molar-refractivity contribution in [2.24, 2.45) is 0 Å². The van der Waals surface area contributed by atoms with E-state index in [-0.39, 0.29) is 48.3 Å². The zero-order valence-electron chi connectivity index (χ0n) is 16.7. The minimum absolute atomic E-state index is 0.00991. The molecule has 1 aromatic rings. The molecule has 3 atom stereocenters. The molecule has 31 heavy (non-hydrogen) atoms. The molecule has 3 rings (SSSR count). The molecule has 0 aliphatic heterocycles. The first-order valence-electron chi connectivity index (χ1n) is 9.76. The van der Waals surface area contributed by atoms with E-state index in [0.29, 0.717) is 0 Å². The highest BCUT2D eigenvalue weighted by Crippen LogP contribution is 2.41. The Morgan fingerprint density at radius 1 is 0.903 bits per heavy atom. The predicted octanol–water partition coefficient (Wildman–Crippen LogP) is -0.906. The molecule has 0 saturated heterocycles. The minimum Gasteiger partial charge on any atom is -0.507 e. The molecule has 0 radical (unpaired) electrons. The summed E-state index contributed by atoms with van der Waals surface area (Å²) in [5, 5.41) is 80.7. The molecule has 0 amide bonds. The van der Waals surface area contributed by atoms with Gasteiger partial charge in [-0.3, -0.25) is 4.79 Å². The topological polar surface area (TPSA) is 192 Å². The van der Waals surface area contributed by atoms with Crippen molar-refractivity contribution in [3.8, 4) is 5.75 Å². The van der Waals surface area contributed by atoms with Crippen molar-refractivity contribution < 1.29 is 45.3 Å². The van der Waals surface area contributed by atoms with Crippen LogP contribution in [0, 0.1) is 0 Å². The Balaban J connectivity index is 2.14. The Morgan fingerprint density at radius 3 is 2.13 bits per heavy atom. The van der Waals surface area contributed by atoms with E-state index in [4.69, 9.17) is 9.52 Å². The maximum absolute atomic E-state index is 12.7. The first-order chi connectivity index (χ1) is 14.5. The fourth-order valence-corrected chi connectivity index (χ4v) is 4.03. The Morgan fingerprint density at radius 2 is 1.52 bits per heavy atom. The van der Waals surface area contributed by atoms with Crippen LogP contribution in [0.1, 0.15) is 36.3 Å². The van der Waals surface area contributed by atoms with Crippen LogP contribution in [-0.2, 0) is 6.42 Å². The number of fused-ring (bicyclic) bond motifs is 1. The molecule has 170 valence electrons. The van der Waals surface area contributed by atoms with Crippen LogP contribution in [0.2, 0.25) is 0 Å². The summed E-state index contributed by atoms with van der Waals surface area (Å²) in [5.41, 5.74) is -6.92. The van der Waals surface area contributed by atoms with Crippen molar-refractivity contribution in [3.63, 3.8) is 0 Å². The normalized spacial score (nSPS) is 30.0. The highest BCUT2D eigenvalue weighted by Gasteiger charge is 2.48. The Labute approximate surface area is 177 Å². The summed E-state index contributed by atoms with van der Waals surface area (Å²) in [6.07, 6.45) is 3.63. The van der Waals surface area contributed by atoms with Gasteiger partial charge in [0.15, 0.2) is 5.76 Å². The second-order valence-electron chi connectivity index (χ2n) is 7.92. The van der Waals surface area contributed by atoms with Crippen molar-refractivity contribution in [3.05, 3.63) is 51.6 Å². The quantitative estimate of drug-likeness (QED) is 0.264. The maximum atomic E-state index is 12.7. The lowest BCUT2D eigenvalue weighted by molar-refractivity contribution is -0.112. The van der Waals surface area contributed by atoms with E-state index in [1.165, 1.54) is 12.2 Å². The summed E-state index contributed by atoms with van der Waals surface area (Å²) in [6.45, 7) is -1.35. The first kappa shape index (κ1) is 23.2. The van der Waals surface area contributed by atoms with E-state index >= 15 is 0 Å². The molecule has 3 unspecified atom stereocenters. The Hall–Kier alpha value is -2.47. The lowest BCUT2D eigenvalue weighted by Crippen LogP contribution is -2.54. The fraction of sp³-hybridized carbons (Fsp3) is 0.476. The molecule has 0 aromatic carbocycles. The summed E-state index contributed by atoms with van der Waals surface area (Å²) in [6, 6.07) is 0. The number of allylic oxidation sites excluding steroid dienone is 2.